The third-order valence-electron chi connectivity index (χ3n) is 4.18. The van der Waals surface area contributed by atoms with Gasteiger partial charge in [0.2, 0.25) is 0 Å². The highest BCUT2D eigenvalue weighted by atomic mass is 16.4. The van der Waals surface area contributed by atoms with Gasteiger partial charge in [-0.25, -0.2) is 9.48 Å². The molecule has 0 amide bonds. The van der Waals surface area contributed by atoms with E-state index in [4.69, 9.17) is 0 Å². The third kappa shape index (κ3) is 2.63. The monoisotopic (exact) mass is 288 g/mol. The van der Waals surface area contributed by atoms with E-state index in [-0.39, 0.29) is 5.56 Å². The van der Waals surface area contributed by atoms with Crippen LogP contribution < -0.4 is 0 Å². The van der Waals surface area contributed by atoms with Gasteiger partial charge in [0, 0.05) is 13.1 Å². The number of nitrogens with zero attached hydrogens (tertiary/aromatic N) is 4. The fourth-order valence-corrected chi connectivity index (χ4v) is 3.11. The molecule has 1 aromatic heterocycles. The number of likely N-dealkylation sites (tertiary alicyclic amines) is 1. The average Bonchev–Trinajstić information content (AvgIpc) is 2.92. The van der Waals surface area contributed by atoms with Gasteiger partial charge in [0.25, 0.3) is 0 Å². The Morgan fingerprint density at radius 1 is 1.38 bits per heavy atom. The van der Waals surface area contributed by atoms with Crippen LogP contribution in [-0.2, 0) is 0 Å². The number of aromatic carboxylic acids is 1. The summed E-state index contributed by atoms with van der Waals surface area (Å²) in [7, 11) is 0. The molecule has 0 atom stereocenters. The molecular formula is C15H20N4O2. The van der Waals surface area contributed by atoms with Gasteiger partial charge in [-0.15, -0.1) is 5.10 Å². The molecule has 6 nitrogen and oxygen atoms in total. The highest BCUT2D eigenvalue weighted by Gasteiger charge is 2.23. The molecule has 0 spiro atoms. The van der Waals surface area contributed by atoms with Gasteiger partial charge in [0.15, 0.2) is 0 Å². The van der Waals surface area contributed by atoms with Crippen LogP contribution in [0.2, 0.25) is 0 Å². The molecule has 2 aromatic rings. The van der Waals surface area contributed by atoms with Gasteiger partial charge in [0.1, 0.15) is 5.52 Å². The first kappa shape index (κ1) is 14.0. The molecule has 3 rings (SSSR count). The molecule has 6 heteroatoms. The molecule has 0 unspecified atom stereocenters. The van der Waals surface area contributed by atoms with Crippen molar-refractivity contribution in [3.63, 3.8) is 0 Å². The summed E-state index contributed by atoms with van der Waals surface area (Å²) in [5.41, 5.74) is 1.53. The molecule has 1 saturated heterocycles. The molecule has 1 aliphatic heterocycles. The lowest BCUT2D eigenvalue weighted by molar-refractivity contribution is 0.0699. The fraction of sp³-hybridized carbons (Fsp3) is 0.533. The molecule has 1 aliphatic rings. The number of benzene rings is 1. The summed E-state index contributed by atoms with van der Waals surface area (Å²) < 4.78 is 1.91. The number of rotatable bonds is 4. The van der Waals surface area contributed by atoms with E-state index < -0.39 is 5.97 Å². The Morgan fingerprint density at radius 3 is 2.81 bits per heavy atom. The summed E-state index contributed by atoms with van der Waals surface area (Å²) in [6, 6.07) is 5.55. The summed E-state index contributed by atoms with van der Waals surface area (Å²) in [6.45, 7) is 5.48. The first-order valence-corrected chi connectivity index (χ1v) is 7.50. The number of hydrogen-bond acceptors (Lipinski definition) is 4. The van der Waals surface area contributed by atoms with Gasteiger partial charge < -0.3 is 10.0 Å². The number of piperidine rings is 1. The van der Waals surface area contributed by atoms with Gasteiger partial charge >= 0.3 is 5.97 Å². The number of carbonyl (C=O) groups is 1. The second-order valence-corrected chi connectivity index (χ2v) is 5.59. The Hall–Kier alpha value is -1.95. The van der Waals surface area contributed by atoms with Crippen molar-refractivity contribution < 1.29 is 9.90 Å². The first-order valence-electron chi connectivity index (χ1n) is 7.50. The highest BCUT2D eigenvalue weighted by molar-refractivity contribution is 6.00. The van der Waals surface area contributed by atoms with Crippen LogP contribution in [0.15, 0.2) is 18.2 Å². The minimum atomic E-state index is -0.953. The minimum Gasteiger partial charge on any atom is -0.478 e. The molecule has 0 radical (unpaired) electrons. The van der Waals surface area contributed by atoms with Crippen LogP contribution in [0.4, 0.5) is 0 Å². The highest BCUT2D eigenvalue weighted by Crippen LogP contribution is 2.26. The van der Waals surface area contributed by atoms with Crippen molar-refractivity contribution in [2.24, 2.45) is 0 Å². The second kappa shape index (κ2) is 5.81. The number of fused-ring (bicyclic) bond motifs is 1. The van der Waals surface area contributed by atoms with E-state index in [2.05, 4.69) is 22.1 Å². The second-order valence-electron chi connectivity index (χ2n) is 5.59. The quantitative estimate of drug-likeness (QED) is 0.933. The molecular weight excluding hydrogens is 268 g/mol. The standard InChI is InChI=1S/C15H20N4O2/c1-2-8-18-9-6-11(7-10-18)19-13-5-3-4-12(15(20)21)14(13)16-17-19/h3-5,11H,2,6-10H2,1H3,(H,20,21). The average molecular weight is 288 g/mol. The molecule has 2 heterocycles. The van der Waals surface area contributed by atoms with Crippen LogP contribution in [0.1, 0.15) is 42.6 Å². The first-order chi connectivity index (χ1) is 10.2. The van der Waals surface area contributed by atoms with Gasteiger partial charge in [0.05, 0.1) is 17.1 Å². The van der Waals surface area contributed by atoms with Crippen molar-refractivity contribution in [2.45, 2.75) is 32.2 Å². The summed E-state index contributed by atoms with van der Waals surface area (Å²) in [4.78, 5) is 13.7. The Bertz CT molecular complexity index is 644. The Morgan fingerprint density at radius 2 is 2.14 bits per heavy atom. The van der Waals surface area contributed by atoms with Crippen LogP contribution in [-0.4, -0.2) is 50.6 Å². The van der Waals surface area contributed by atoms with E-state index in [0.29, 0.717) is 11.6 Å². The van der Waals surface area contributed by atoms with Crippen molar-refractivity contribution >= 4 is 17.0 Å². The zero-order valence-corrected chi connectivity index (χ0v) is 12.2. The molecule has 0 saturated carbocycles. The van der Waals surface area contributed by atoms with E-state index in [1.54, 1.807) is 12.1 Å². The maximum atomic E-state index is 11.2. The van der Waals surface area contributed by atoms with Gasteiger partial charge in [-0.05, 0) is 37.9 Å². The Labute approximate surface area is 123 Å². The SMILES string of the molecule is CCCN1CCC(n2nnc3c(C(=O)O)cccc32)CC1. The minimum absolute atomic E-state index is 0.224. The van der Waals surface area contributed by atoms with Gasteiger partial charge in [-0.1, -0.05) is 18.2 Å². The topological polar surface area (TPSA) is 71.2 Å². The molecule has 1 N–H and O–H groups in total. The molecule has 21 heavy (non-hydrogen) atoms. The Balaban J connectivity index is 1.86. The molecule has 1 aromatic carbocycles. The van der Waals surface area contributed by atoms with Crippen LogP contribution in [0.25, 0.3) is 11.0 Å². The van der Waals surface area contributed by atoms with Crippen molar-refractivity contribution in [2.75, 3.05) is 19.6 Å². The normalized spacial score (nSPS) is 17.4. The van der Waals surface area contributed by atoms with Crippen LogP contribution >= 0.6 is 0 Å². The maximum absolute atomic E-state index is 11.2. The number of hydrogen-bond donors (Lipinski definition) is 1. The van der Waals surface area contributed by atoms with E-state index in [1.165, 1.54) is 6.42 Å². The summed E-state index contributed by atoms with van der Waals surface area (Å²) in [5.74, 6) is -0.953. The van der Waals surface area contributed by atoms with Crippen molar-refractivity contribution in [1.29, 1.82) is 0 Å². The zero-order chi connectivity index (χ0) is 14.8. The fourth-order valence-electron chi connectivity index (χ4n) is 3.11. The molecule has 0 bridgehead atoms. The van der Waals surface area contributed by atoms with E-state index >= 15 is 0 Å². The number of carboxylic acid groups (broad SMARTS) is 1. The lowest BCUT2D eigenvalue weighted by Gasteiger charge is -2.31. The van der Waals surface area contributed by atoms with Crippen LogP contribution in [0.5, 0.6) is 0 Å². The lowest BCUT2D eigenvalue weighted by Crippen LogP contribution is -2.35. The molecule has 1 fully saturated rings. The summed E-state index contributed by atoms with van der Waals surface area (Å²) >= 11 is 0. The van der Waals surface area contributed by atoms with Gasteiger partial charge in [-0.2, -0.15) is 0 Å². The van der Waals surface area contributed by atoms with Crippen LogP contribution in [0.3, 0.4) is 0 Å². The van der Waals surface area contributed by atoms with E-state index in [9.17, 15) is 9.90 Å². The van der Waals surface area contributed by atoms with E-state index in [1.807, 2.05) is 10.7 Å². The third-order valence-corrected chi connectivity index (χ3v) is 4.18. The summed E-state index contributed by atoms with van der Waals surface area (Å²) in [6.07, 6.45) is 3.25. The van der Waals surface area contributed by atoms with Crippen molar-refractivity contribution in [3.05, 3.63) is 23.8 Å². The summed E-state index contributed by atoms with van der Waals surface area (Å²) in [5, 5.41) is 17.5. The van der Waals surface area contributed by atoms with E-state index in [0.717, 1.165) is 38.0 Å². The lowest BCUT2D eigenvalue weighted by atomic mass is 10.0. The number of carboxylic acids is 1. The van der Waals surface area contributed by atoms with Crippen molar-refractivity contribution in [3.8, 4) is 0 Å². The van der Waals surface area contributed by atoms with Crippen molar-refractivity contribution in [1.82, 2.24) is 19.9 Å². The van der Waals surface area contributed by atoms with Gasteiger partial charge in [-0.3, -0.25) is 0 Å². The maximum Gasteiger partial charge on any atom is 0.338 e. The molecule has 112 valence electrons. The smallest absolute Gasteiger partial charge is 0.338 e. The molecule has 0 aliphatic carbocycles. The van der Waals surface area contributed by atoms with Crippen LogP contribution in [0, 0.1) is 0 Å². The predicted octanol–water partition coefficient (Wildman–Crippen LogP) is 2.18. The largest absolute Gasteiger partial charge is 0.478 e. The zero-order valence-electron chi connectivity index (χ0n) is 12.2. The Kier molecular flexibility index (Phi) is 3.88. The number of aromatic nitrogens is 3. The predicted molar refractivity (Wildman–Crippen MR) is 79.5 cm³/mol.